The molecule has 0 bridgehead atoms. The highest BCUT2D eigenvalue weighted by atomic mass is 16.6. The highest BCUT2D eigenvalue weighted by Gasteiger charge is 2.14. The van der Waals surface area contributed by atoms with Crippen molar-refractivity contribution in [3.05, 3.63) is 64.3 Å². The molecule has 0 aliphatic carbocycles. The van der Waals surface area contributed by atoms with E-state index in [1.807, 2.05) is 6.07 Å². The predicted octanol–water partition coefficient (Wildman–Crippen LogP) is 2.72. The molecule has 0 amide bonds. The summed E-state index contributed by atoms with van der Waals surface area (Å²) in [6.45, 7) is 0. The molecule has 0 spiro atoms. The predicted molar refractivity (Wildman–Crippen MR) is 79.1 cm³/mol. The van der Waals surface area contributed by atoms with Crippen LogP contribution < -0.4 is 0 Å². The van der Waals surface area contributed by atoms with Gasteiger partial charge in [-0.2, -0.15) is 5.10 Å². The fourth-order valence-corrected chi connectivity index (χ4v) is 2.18. The smallest absolute Gasteiger partial charge is 0.340 e. The molecule has 0 fully saturated rings. The van der Waals surface area contributed by atoms with Crippen LogP contribution in [-0.2, 0) is 4.74 Å². The van der Waals surface area contributed by atoms with Crippen LogP contribution >= 0.6 is 0 Å². The van der Waals surface area contributed by atoms with Gasteiger partial charge < -0.3 is 4.74 Å². The van der Waals surface area contributed by atoms with E-state index in [4.69, 9.17) is 4.74 Å². The second-order valence-electron chi connectivity index (χ2n) is 4.58. The van der Waals surface area contributed by atoms with Crippen LogP contribution in [0.2, 0.25) is 0 Å². The third-order valence-corrected chi connectivity index (χ3v) is 3.27. The lowest BCUT2D eigenvalue weighted by Gasteiger charge is -2.00. The topological polar surface area (TPSA) is 87.3 Å². The maximum absolute atomic E-state index is 11.7. The van der Waals surface area contributed by atoms with Crippen molar-refractivity contribution in [2.24, 2.45) is 0 Å². The molecule has 2 aromatic carbocycles. The van der Waals surface area contributed by atoms with Crippen molar-refractivity contribution >= 4 is 22.6 Å². The first kappa shape index (κ1) is 13.7. The summed E-state index contributed by atoms with van der Waals surface area (Å²) in [5.41, 5.74) is 1.57. The van der Waals surface area contributed by atoms with E-state index in [2.05, 4.69) is 5.10 Å². The average Bonchev–Trinajstić information content (AvgIpc) is 2.98. The van der Waals surface area contributed by atoms with E-state index in [0.717, 1.165) is 5.39 Å². The van der Waals surface area contributed by atoms with Crippen LogP contribution in [0, 0.1) is 10.1 Å². The largest absolute Gasteiger partial charge is 0.465 e. The van der Waals surface area contributed by atoms with Crippen molar-refractivity contribution in [3.63, 3.8) is 0 Å². The van der Waals surface area contributed by atoms with Crippen LogP contribution in [0.5, 0.6) is 0 Å². The molecule has 0 radical (unpaired) electrons. The van der Waals surface area contributed by atoms with Gasteiger partial charge >= 0.3 is 5.97 Å². The number of carbonyl (C=O) groups excluding carboxylic acids is 1. The molecule has 1 heterocycles. The van der Waals surface area contributed by atoms with Gasteiger partial charge in [0.2, 0.25) is 0 Å². The van der Waals surface area contributed by atoms with Gasteiger partial charge in [0.15, 0.2) is 0 Å². The van der Waals surface area contributed by atoms with Crippen molar-refractivity contribution < 1.29 is 14.5 Å². The second kappa shape index (κ2) is 5.28. The summed E-state index contributed by atoms with van der Waals surface area (Å²) in [4.78, 5) is 22.0. The monoisotopic (exact) mass is 297 g/mol. The average molecular weight is 297 g/mol. The summed E-state index contributed by atoms with van der Waals surface area (Å²) < 4.78 is 6.31. The van der Waals surface area contributed by atoms with Gasteiger partial charge in [-0.25, -0.2) is 9.48 Å². The SMILES string of the molecule is COC(=O)c1cccc2cn(-c3ccc([N+](=O)[O-])cc3)nc12. The van der Waals surface area contributed by atoms with Gasteiger partial charge in [0, 0.05) is 23.7 Å². The maximum atomic E-state index is 11.7. The van der Waals surface area contributed by atoms with Gasteiger partial charge in [0.1, 0.15) is 5.52 Å². The van der Waals surface area contributed by atoms with Crippen LogP contribution in [0.25, 0.3) is 16.6 Å². The Morgan fingerprint density at radius 2 is 1.95 bits per heavy atom. The Labute approximate surface area is 124 Å². The zero-order valence-electron chi connectivity index (χ0n) is 11.6. The maximum Gasteiger partial charge on any atom is 0.340 e. The minimum atomic E-state index is -0.460. The number of nitro benzene ring substituents is 1. The Morgan fingerprint density at radius 3 is 2.59 bits per heavy atom. The van der Waals surface area contributed by atoms with Crippen molar-refractivity contribution in [3.8, 4) is 5.69 Å². The Hall–Kier alpha value is -3.22. The number of methoxy groups -OCH3 is 1. The van der Waals surface area contributed by atoms with Crippen LogP contribution in [0.3, 0.4) is 0 Å². The van der Waals surface area contributed by atoms with Gasteiger partial charge in [-0.3, -0.25) is 10.1 Å². The number of nitrogens with zero attached hydrogens (tertiary/aromatic N) is 3. The van der Waals surface area contributed by atoms with Gasteiger partial charge in [0.25, 0.3) is 5.69 Å². The summed E-state index contributed by atoms with van der Waals surface area (Å²) in [5.74, 6) is -0.459. The summed E-state index contributed by atoms with van der Waals surface area (Å²) in [5, 5.41) is 15.8. The van der Waals surface area contributed by atoms with Gasteiger partial charge in [-0.05, 0) is 18.2 Å². The molecule has 0 saturated carbocycles. The number of esters is 1. The summed E-state index contributed by atoms with van der Waals surface area (Å²) in [7, 11) is 1.31. The summed E-state index contributed by atoms with van der Waals surface area (Å²) in [6, 6.07) is 11.2. The fraction of sp³-hybridized carbons (Fsp3) is 0.0667. The van der Waals surface area contributed by atoms with Crippen LogP contribution in [0.15, 0.2) is 48.7 Å². The standard InChI is InChI=1S/C15H11N3O4/c1-22-15(19)13-4-2-3-10-9-17(16-14(10)13)11-5-7-12(8-6-11)18(20)21/h2-9H,1H3. The number of hydrogen-bond acceptors (Lipinski definition) is 5. The molecule has 3 aromatic rings. The third-order valence-electron chi connectivity index (χ3n) is 3.27. The molecule has 0 saturated heterocycles. The van der Waals surface area contributed by atoms with Crippen molar-refractivity contribution in [2.45, 2.75) is 0 Å². The zero-order chi connectivity index (χ0) is 15.7. The number of carbonyl (C=O) groups is 1. The molecule has 0 unspecified atom stereocenters. The molecule has 0 atom stereocenters. The minimum absolute atomic E-state index is 0.00992. The van der Waals surface area contributed by atoms with Crippen LogP contribution in [0.1, 0.15) is 10.4 Å². The molecule has 0 aliphatic rings. The molecule has 7 heteroatoms. The Morgan fingerprint density at radius 1 is 1.23 bits per heavy atom. The van der Waals surface area contributed by atoms with Gasteiger partial charge in [-0.15, -0.1) is 0 Å². The van der Waals surface area contributed by atoms with Crippen LogP contribution in [-0.4, -0.2) is 27.8 Å². The first-order valence-electron chi connectivity index (χ1n) is 6.41. The van der Waals surface area contributed by atoms with E-state index >= 15 is 0 Å². The van der Waals surface area contributed by atoms with Gasteiger partial charge in [-0.1, -0.05) is 12.1 Å². The zero-order valence-corrected chi connectivity index (χ0v) is 11.6. The van der Waals surface area contributed by atoms with Crippen molar-refractivity contribution in [2.75, 3.05) is 7.11 Å². The van der Waals surface area contributed by atoms with E-state index in [9.17, 15) is 14.9 Å². The fourth-order valence-electron chi connectivity index (χ4n) is 2.18. The quantitative estimate of drug-likeness (QED) is 0.421. The van der Waals surface area contributed by atoms with E-state index in [1.54, 1.807) is 35.1 Å². The number of rotatable bonds is 3. The van der Waals surface area contributed by atoms with Crippen LogP contribution in [0.4, 0.5) is 5.69 Å². The number of benzene rings is 2. The van der Waals surface area contributed by atoms with Crippen molar-refractivity contribution in [1.82, 2.24) is 9.78 Å². The number of nitro groups is 1. The first-order valence-corrected chi connectivity index (χ1v) is 6.41. The molecular formula is C15H11N3O4. The Kier molecular flexibility index (Phi) is 3.30. The number of aromatic nitrogens is 2. The molecule has 110 valence electrons. The molecule has 3 rings (SSSR count). The van der Waals surface area contributed by atoms with Crippen molar-refractivity contribution in [1.29, 1.82) is 0 Å². The van der Waals surface area contributed by atoms with E-state index in [-0.39, 0.29) is 5.69 Å². The Balaban J connectivity index is 2.08. The first-order chi connectivity index (χ1) is 10.6. The number of non-ortho nitro benzene ring substituents is 1. The molecule has 22 heavy (non-hydrogen) atoms. The number of hydrogen-bond donors (Lipinski definition) is 0. The van der Waals surface area contributed by atoms with E-state index in [1.165, 1.54) is 19.2 Å². The lowest BCUT2D eigenvalue weighted by atomic mass is 10.1. The molecule has 0 aliphatic heterocycles. The summed E-state index contributed by atoms with van der Waals surface area (Å²) >= 11 is 0. The highest BCUT2D eigenvalue weighted by Crippen LogP contribution is 2.21. The van der Waals surface area contributed by atoms with E-state index in [0.29, 0.717) is 16.8 Å². The Bertz CT molecular complexity index is 868. The molecular weight excluding hydrogens is 286 g/mol. The third kappa shape index (κ3) is 2.28. The normalized spacial score (nSPS) is 10.6. The number of fused-ring (bicyclic) bond motifs is 1. The molecule has 0 N–H and O–H groups in total. The molecule has 7 nitrogen and oxygen atoms in total. The molecule has 1 aromatic heterocycles. The minimum Gasteiger partial charge on any atom is -0.465 e. The summed E-state index contributed by atoms with van der Waals surface area (Å²) in [6.07, 6.45) is 1.75. The number of ether oxygens (including phenoxy) is 1. The highest BCUT2D eigenvalue weighted by molar-refractivity contribution is 6.02. The van der Waals surface area contributed by atoms with E-state index < -0.39 is 10.9 Å². The van der Waals surface area contributed by atoms with Gasteiger partial charge in [0.05, 0.1) is 23.3 Å². The second-order valence-corrected chi connectivity index (χ2v) is 4.58. The lowest BCUT2D eigenvalue weighted by Crippen LogP contribution is -2.02. The lowest BCUT2D eigenvalue weighted by molar-refractivity contribution is -0.384.